The fourth-order valence-electron chi connectivity index (χ4n) is 3.69. The van der Waals surface area contributed by atoms with Gasteiger partial charge in [-0.2, -0.15) is 0 Å². The molecule has 1 aromatic carbocycles. The summed E-state index contributed by atoms with van der Waals surface area (Å²) < 4.78 is 0. The van der Waals surface area contributed by atoms with Gasteiger partial charge in [0, 0.05) is 18.2 Å². The molecular formula is C19H24N2O2. The molecule has 1 unspecified atom stereocenters. The quantitative estimate of drug-likeness (QED) is 0.821. The predicted molar refractivity (Wildman–Crippen MR) is 89.7 cm³/mol. The van der Waals surface area contributed by atoms with Gasteiger partial charge in [0.15, 0.2) is 0 Å². The number of nitrogens with zero attached hydrogens (tertiary/aromatic N) is 1. The Morgan fingerprint density at radius 2 is 2.00 bits per heavy atom. The van der Waals surface area contributed by atoms with Gasteiger partial charge in [0.25, 0.3) is 0 Å². The lowest BCUT2D eigenvalue weighted by atomic mass is 9.86. The molecule has 122 valence electrons. The van der Waals surface area contributed by atoms with Crippen molar-refractivity contribution in [3.63, 3.8) is 0 Å². The number of hydrogen-bond donors (Lipinski definition) is 1. The van der Waals surface area contributed by atoms with Crippen LogP contribution in [-0.4, -0.2) is 30.3 Å². The van der Waals surface area contributed by atoms with Crippen molar-refractivity contribution in [3.8, 4) is 0 Å². The number of likely N-dealkylation sites (N-methyl/N-ethyl adjacent to an activating group) is 1. The van der Waals surface area contributed by atoms with Gasteiger partial charge < -0.3 is 10.2 Å². The lowest BCUT2D eigenvalue weighted by molar-refractivity contribution is -0.132. The second-order valence-corrected chi connectivity index (χ2v) is 6.66. The molecule has 0 aliphatic heterocycles. The Bertz CT molecular complexity index is 605. The van der Waals surface area contributed by atoms with E-state index in [0.29, 0.717) is 0 Å². The van der Waals surface area contributed by atoms with Gasteiger partial charge in [-0.05, 0) is 44.1 Å². The van der Waals surface area contributed by atoms with Gasteiger partial charge in [-0.25, -0.2) is 0 Å². The summed E-state index contributed by atoms with van der Waals surface area (Å²) >= 11 is 0. The van der Waals surface area contributed by atoms with Crippen LogP contribution in [0.3, 0.4) is 0 Å². The Morgan fingerprint density at radius 3 is 2.57 bits per heavy atom. The minimum atomic E-state index is -0.453. The van der Waals surface area contributed by atoms with Crippen LogP contribution in [0, 0.1) is 0 Å². The standard InChI is InChI=1S/C19H24N2O2/c1-21(14-22)17(18(23)20-16-10-6-3-7-11-16)19(12-13-19)15-8-4-2-5-9-15/h2,4-5,8-10,14,17H,3,6-7,11-13H2,1H3,(H,20,23). The molecule has 1 N–H and O–H groups in total. The van der Waals surface area contributed by atoms with E-state index in [1.807, 2.05) is 18.2 Å². The molecule has 0 spiro atoms. The summed E-state index contributed by atoms with van der Waals surface area (Å²) in [6.45, 7) is 0. The third-order valence-corrected chi connectivity index (χ3v) is 5.06. The zero-order valence-corrected chi connectivity index (χ0v) is 13.6. The number of allylic oxidation sites excluding steroid dienone is 2. The first kappa shape index (κ1) is 15.8. The van der Waals surface area contributed by atoms with E-state index in [0.717, 1.165) is 49.8 Å². The number of hydrogen-bond acceptors (Lipinski definition) is 2. The number of nitrogens with one attached hydrogen (secondary N) is 1. The second kappa shape index (κ2) is 6.57. The van der Waals surface area contributed by atoms with Gasteiger partial charge in [0.2, 0.25) is 12.3 Å². The van der Waals surface area contributed by atoms with Crippen molar-refractivity contribution >= 4 is 12.3 Å². The molecular weight excluding hydrogens is 288 g/mol. The molecule has 0 heterocycles. The maximum Gasteiger partial charge on any atom is 0.247 e. The Morgan fingerprint density at radius 1 is 1.26 bits per heavy atom. The molecule has 2 amide bonds. The topological polar surface area (TPSA) is 49.4 Å². The molecule has 0 radical (unpaired) electrons. The largest absolute Gasteiger partial charge is 0.335 e. The molecule has 2 aliphatic rings. The fourth-order valence-corrected chi connectivity index (χ4v) is 3.69. The van der Waals surface area contributed by atoms with E-state index in [-0.39, 0.29) is 11.3 Å². The molecule has 1 saturated carbocycles. The summed E-state index contributed by atoms with van der Waals surface area (Å²) in [4.78, 5) is 25.8. The van der Waals surface area contributed by atoms with Crippen LogP contribution in [0.2, 0.25) is 0 Å². The van der Waals surface area contributed by atoms with E-state index in [1.54, 1.807) is 7.05 Å². The van der Waals surface area contributed by atoms with Crippen LogP contribution in [0.5, 0.6) is 0 Å². The molecule has 0 bridgehead atoms. The van der Waals surface area contributed by atoms with Crippen molar-refractivity contribution in [1.29, 1.82) is 0 Å². The molecule has 3 rings (SSSR count). The second-order valence-electron chi connectivity index (χ2n) is 6.66. The summed E-state index contributed by atoms with van der Waals surface area (Å²) in [5, 5.41) is 3.07. The van der Waals surface area contributed by atoms with Gasteiger partial charge >= 0.3 is 0 Å². The van der Waals surface area contributed by atoms with Crippen LogP contribution in [-0.2, 0) is 15.0 Å². The SMILES string of the molecule is CN(C=O)C(C(=O)NC1=CCCCC1)C1(c2ccccc2)CC1. The van der Waals surface area contributed by atoms with Gasteiger partial charge in [0.05, 0.1) is 0 Å². The average Bonchev–Trinajstić information content (AvgIpc) is 3.38. The number of carbonyl (C=O) groups excluding carboxylic acids is 2. The Hall–Kier alpha value is -2.10. The van der Waals surface area contributed by atoms with Crippen molar-refractivity contribution in [2.24, 2.45) is 0 Å². The predicted octanol–water partition coefficient (Wildman–Crippen LogP) is 2.75. The number of benzene rings is 1. The highest BCUT2D eigenvalue weighted by Crippen LogP contribution is 2.52. The van der Waals surface area contributed by atoms with Gasteiger partial charge in [-0.1, -0.05) is 36.4 Å². The monoisotopic (exact) mass is 312 g/mol. The van der Waals surface area contributed by atoms with Crippen LogP contribution in [0.25, 0.3) is 0 Å². The molecule has 0 aromatic heterocycles. The maximum atomic E-state index is 12.9. The molecule has 1 atom stereocenters. The zero-order chi connectivity index (χ0) is 16.3. The van der Waals surface area contributed by atoms with E-state index < -0.39 is 6.04 Å². The van der Waals surface area contributed by atoms with E-state index in [2.05, 4.69) is 23.5 Å². The lowest BCUT2D eigenvalue weighted by Crippen LogP contribution is -2.51. The third kappa shape index (κ3) is 3.16. The van der Waals surface area contributed by atoms with E-state index in [9.17, 15) is 9.59 Å². The van der Waals surface area contributed by atoms with Crippen LogP contribution in [0.15, 0.2) is 42.1 Å². The highest BCUT2D eigenvalue weighted by Gasteiger charge is 2.55. The normalized spacial score (nSPS) is 20.1. The summed E-state index contributed by atoms with van der Waals surface area (Å²) in [6, 6.07) is 9.64. The number of carbonyl (C=O) groups is 2. The first-order chi connectivity index (χ1) is 11.2. The minimum absolute atomic E-state index is 0.0610. The molecule has 0 saturated heterocycles. The highest BCUT2D eigenvalue weighted by atomic mass is 16.2. The lowest BCUT2D eigenvalue weighted by Gasteiger charge is -2.32. The van der Waals surface area contributed by atoms with Crippen molar-refractivity contribution in [3.05, 3.63) is 47.7 Å². The van der Waals surface area contributed by atoms with Gasteiger partial charge in [-0.3, -0.25) is 9.59 Å². The van der Waals surface area contributed by atoms with Crippen LogP contribution < -0.4 is 5.32 Å². The number of amides is 2. The highest BCUT2D eigenvalue weighted by molar-refractivity contribution is 5.87. The molecule has 1 fully saturated rings. The summed E-state index contributed by atoms with van der Waals surface area (Å²) in [5.74, 6) is -0.0610. The van der Waals surface area contributed by atoms with Crippen molar-refractivity contribution < 1.29 is 9.59 Å². The van der Waals surface area contributed by atoms with Crippen molar-refractivity contribution in [1.82, 2.24) is 10.2 Å². The molecule has 4 nitrogen and oxygen atoms in total. The van der Waals surface area contributed by atoms with Crippen LogP contribution in [0.4, 0.5) is 0 Å². The van der Waals surface area contributed by atoms with E-state index in [4.69, 9.17) is 0 Å². The van der Waals surface area contributed by atoms with E-state index >= 15 is 0 Å². The third-order valence-electron chi connectivity index (χ3n) is 5.06. The van der Waals surface area contributed by atoms with Crippen LogP contribution in [0.1, 0.15) is 44.1 Å². The summed E-state index contributed by atoms with van der Waals surface area (Å²) in [5.41, 5.74) is 1.91. The molecule has 4 heteroatoms. The fraction of sp³-hybridized carbons (Fsp3) is 0.474. The first-order valence-electron chi connectivity index (χ1n) is 8.40. The van der Waals surface area contributed by atoms with Gasteiger partial charge in [0.1, 0.15) is 6.04 Å². The zero-order valence-electron chi connectivity index (χ0n) is 13.6. The maximum absolute atomic E-state index is 12.9. The van der Waals surface area contributed by atoms with Crippen molar-refractivity contribution in [2.45, 2.75) is 50.0 Å². The van der Waals surface area contributed by atoms with Crippen molar-refractivity contribution in [2.75, 3.05) is 7.05 Å². The molecule has 2 aliphatic carbocycles. The van der Waals surface area contributed by atoms with Gasteiger partial charge in [-0.15, -0.1) is 0 Å². The smallest absolute Gasteiger partial charge is 0.247 e. The van der Waals surface area contributed by atoms with Crippen LogP contribution >= 0.6 is 0 Å². The Labute approximate surface area is 137 Å². The first-order valence-corrected chi connectivity index (χ1v) is 8.40. The minimum Gasteiger partial charge on any atom is -0.335 e. The molecule has 1 aromatic rings. The molecule has 23 heavy (non-hydrogen) atoms. The van der Waals surface area contributed by atoms with E-state index in [1.165, 1.54) is 11.3 Å². The Balaban J connectivity index is 1.85. The summed E-state index contributed by atoms with van der Waals surface area (Å²) in [7, 11) is 1.70. The Kier molecular flexibility index (Phi) is 4.51. The summed E-state index contributed by atoms with van der Waals surface area (Å²) in [6.07, 6.45) is 8.99. The average molecular weight is 312 g/mol. The number of rotatable bonds is 6.